The molecule has 1 aliphatic heterocycles. The quantitative estimate of drug-likeness (QED) is 0.883. The highest BCUT2D eigenvalue weighted by Crippen LogP contribution is 2.25. The molecule has 0 spiro atoms. The number of carbonyl (C=O) groups is 2. The van der Waals surface area contributed by atoms with Crippen molar-refractivity contribution in [3.8, 4) is 0 Å². The topological polar surface area (TPSA) is 83.1 Å². The molecule has 3 rings (SSSR count). The number of aromatic carboxylic acids is 1. The van der Waals surface area contributed by atoms with Gasteiger partial charge in [0.1, 0.15) is 5.76 Å². The first kappa shape index (κ1) is 13.8. The minimum absolute atomic E-state index is 0.0987. The summed E-state index contributed by atoms with van der Waals surface area (Å²) in [5.74, 6) is -0.823. The molecule has 1 aromatic carbocycles. The van der Waals surface area contributed by atoms with Crippen LogP contribution in [0.2, 0.25) is 0 Å². The van der Waals surface area contributed by atoms with Crippen molar-refractivity contribution in [2.24, 2.45) is 5.10 Å². The van der Waals surface area contributed by atoms with Gasteiger partial charge in [-0.15, -0.1) is 0 Å². The summed E-state index contributed by atoms with van der Waals surface area (Å²) in [7, 11) is 0. The van der Waals surface area contributed by atoms with E-state index in [4.69, 9.17) is 9.52 Å². The fraction of sp³-hybridized carbons (Fsp3) is 0.0625. The van der Waals surface area contributed by atoms with E-state index in [2.05, 4.69) is 5.10 Å². The van der Waals surface area contributed by atoms with Crippen LogP contribution in [-0.4, -0.2) is 22.7 Å². The van der Waals surface area contributed by atoms with Crippen molar-refractivity contribution in [3.05, 3.63) is 59.6 Å². The monoisotopic (exact) mass is 296 g/mol. The summed E-state index contributed by atoms with van der Waals surface area (Å²) < 4.78 is 5.20. The first-order valence-corrected chi connectivity index (χ1v) is 6.55. The lowest BCUT2D eigenvalue weighted by molar-refractivity contribution is -0.114. The maximum Gasteiger partial charge on any atom is 0.335 e. The summed E-state index contributed by atoms with van der Waals surface area (Å²) in [6.45, 7) is 1.72. The van der Waals surface area contributed by atoms with Gasteiger partial charge in [-0.2, -0.15) is 10.1 Å². The third kappa shape index (κ3) is 2.42. The van der Waals surface area contributed by atoms with Crippen LogP contribution in [0.1, 0.15) is 23.0 Å². The summed E-state index contributed by atoms with van der Waals surface area (Å²) in [5.41, 5.74) is 1.46. The molecule has 1 N–H and O–H groups in total. The number of benzene rings is 1. The number of hydrazone groups is 1. The molecule has 0 bridgehead atoms. The van der Waals surface area contributed by atoms with Gasteiger partial charge in [0.25, 0.3) is 5.91 Å². The van der Waals surface area contributed by atoms with Gasteiger partial charge >= 0.3 is 5.97 Å². The maximum absolute atomic E-state index is 12.5. The first-order valence-electron chi connectivity index (χ1n) is 6.55. The van der Waals surface area contributed by atoms with Gasteiger partial charge in [-0.05, 0) is 43.3 Å². The Labute approximate surface area is 126 Å². The summed E-state index contributed by atoms with van der Waals surface area (Å²) in [6, 6.07) is 9.55. The van der Waals surface area contributed by atoms with Gasteiger partial charge in [-0.3, -0.25) is 4.79 Å². The van der Waals surface area contributed by atoms with Crippen LogP contribution in [0, 0.1) is 0 Å². The Morgan fingerprint density at radius 2 is 2.14 bits per heavy atom. The van der Waals surface area contributed by atoms with E-state index in [0.717, 1.165) is 0 Å². The average molecular weight is 296 g/mol. The van der Waals surface area contributed by atoms with Crippen molar-refractivity contribution >= 4 is 29.4 Å². The van der Waals surface area contributed by atoms with Crippen molar-refractivity contribution in [2.45, 2.75) is 6.92 Å². The maximum atomic E-state index is 12.5. The zero-order valence-corrected chi connectivity index (χ0v) is 11.7. The van der Waals surface area contributed by atoms with Crippen LogP contribution >= 0.6 is 0 Å². The van der Waals surface area contributed by atoms with Crippen molar-refractivity contribution in [3.63, 3.8) is 0 Å². The molecule has 22 heavy (non-hydrogen) atoms. The molecule has 6 nitrogen and oxygen atoms in total. The van der Waals surface area contributed by atoms with E-state index in [1.165, 1.54) is 23.4 Å². The average Bonchev–Trinajstić information content (AvgIpc) is 3.11. The molecule has 0 saturated heterocycles. The molecular weight excluding hydrogens is 284 g/mol. The molecule has 0 radical (unpaired) electrons. The first-order chi connectivity index (χ1) is 10.6. The van der Waals surface area contributed by atoms with Gasteiger partial charge in [0, 0.05) is 0 Å². The van der Waals surface area contributed by atoms with Gasteiger partial charge in [0.05, 0.1) is 28.8 Å². The van der Waals surface area contributed by atoms with Crippen LogP contribution in [0.25, 0.3) is 6.08 Å². The lowest BCUT2D eigenvalue weighted by atomic mass is 10.1. The Balaban J connectivity index is 1.96. The van der Waals surface area contributed by atoms with E-state index < -0.39 is 5.97 Å². The molecule has 6 heteroatoms. The summed E-state index contributed by atoms with van der Waals surface area (Å²) in [6.07, 6.45) is 3.13. The number of hydrogen-bond donors (Lipinski definition) is 1. The number of carbonyl (C=O) groups excluding carboxylic acids is 1. The van der Waals surface area contributed by atoms with Crippen LogP contribution in [0.15, 0.2) is 57.8 Å². The predicted octanol–water partition coefficient (Wildman–Crippen LogP) is 2.78. The molecule has 110 valence electrons. The minimum atomic E-state index is -1.06. The van der Waals surface area contributed by atoms with Crippen LogP contribution in [0.5, 0.6) is 0 Å². The number of carboxylic acid groups (broad SMARTS) is 1. The molecule has 2 aromatic rings. The number of anilines is 1. The van der Waals surface area contributed by atoms with E-state index in [9.17, 15) is 9.59 Å². The zero-order chi connectivity index (χ0) is 15.7. The number of furan rings is 1. The second-order valence-electron chi connectivity index (χ2n) is 4.73. The Morgan fingerprint density at radius 3 is 2.82 bits per heavy atom. The summed E-state index contributed by atoms with van der Waals surface area (Å²) in [5, 5.41) is 14.4. The zero-order valence-electron chi connectivity index (χ0n) is 11.7. The standard InChI is InChI=1S/C16H12N2O4/c1-10-14(9-13-6-3-7-22-13)15(19)18(17-10)12-5-2-4-11(8-12)16(20)21/h2-9H,1H3,(H,20,21)/b14-9+. The second kappa shape index (κ2) is 5.33. The largest absolute Gasteiger partial charge is 0.478 e. The second-order valence-corrected chi connectivity index (χ2v) is 4.73. The van der Waals surface area contributed by atoms with Gasteiger partial charge < -0.3 is 9.52 Å². The van der Waals surface area contributed by atoms with Gasteiger partial charge in [-0.1, -0.05) is 6.07 Å². The molecule has 0 atom stereocenters. The fourth-order valence-electron chi connectivity index (χ4n) is 2.15. The molecule has 0 unspecified atom stereocenters. The SMILES string of the molecule is CC1=NN(c2cccc(C(=O)O)c2)C(=O)/C1=C/c1ccco1. The van der Waals surface area contributed by atoms with Gasteiger partial charge in [0.2, 0.25) is 0 Å². The van der Waals surface area contributed by atoms with Crippen molar-refractivity contribution in [1.82, 2.24) is 0 Å². The predicted molar refractivity (Wildman–Crippen MR) is 80.7 cm³/mol. The molecule has 0 aliphatic carbocycles. The highest BCUT2D eigenvalue weighted by Gasteiger charge is 2.29. The van der Waals surface area contributed by atoms with E-state index in [0.29, 0.717) is 22.7 Å². The highest BCUT2D eigenvalue weighted by molar-refractivity contribution is 6.32. The van der Waals surface area contributed by atoms with Crippen LogP contribution in [-0.2, 0) is 4.79 Å². The molecule has 1 aromatic heterocycles. The van der Waals surface area contributed by atoms with E-state index in [1.54, 1.807) is 37.3 Å². The van der Waals surface area contributed by atoms with Crippen molar-refractivity contribution in [2.75, 3.05) is 5.01 Å². The van der Waals surface area contributed by atoms with Gasteiger partial charge in [0.15, 0.2) is 0 Å². The Hall–Kier alpha value is -3.15. The van der Waals surface area contributed by atoms with Crippen molar-refractivity contribution < 1.29 is 19.1 Å². The smallest absolute Gasteiger partial charge is 0.335 e. The Morgan fingerprint density at radius 1 is 1.32 bits per heavy atom. The lowest BCUT2D eigenvalue weighted by Gasteiger charge is -2.12. The molecule has 1 aliphatic rings. The lowest BCUT2D eigenvalue weighted by Crippen LogP contribution is -2.21. The molecule has 0 saturated carbocycles. The van der Waals surface area contributed by atoms with Gasteiger partial charge in [-0.25, -0.2) is 4.79 Å². The molecular formula is C16H12N2O4. The summed E-state index contributed by atoms with van der Waals surface area (Å²) >= 11 is 0. The third-order valence-electron chi connectivity index (χ3n) is 3.23. The van der Waals surface area contributed by atoms with Crippen molar-refractivity contribution in [1.29, 1.82) is 0 Å². The third-order valence-corrected chi connectivity index (χ3v) is 3.23. The Bertz CT molecular complexity index is 803. The molecule has 0 fully saturated rings. The van der Waals surface area contributed by atoms with Crippen LogP contribution < -0.4 is 5.01 Å². The van der Waals surface area contributed by atoms with E-state index in [-0.39, 0.29) is 11.5 Å². The number of amides is 1. The summed E-state index contributed by atoms with van der Waals surface area (Å²) in [4.78, 5) is 23.5. The van der Waals surface area contributed by atoms with E-state index in [1.807, 2.05) is 0 Å². The Kier molecular flexibility index (Phi) is 3.34. The molecule has 2 heterocycles. The number of carboxylic acids is 1. The number of hydrogen-bond acceptors (Lipinski definition) is 4. The van der Waals surface area contributed by atoms with E-state index >= 15 is 0 Å². The minimum Gasteiger partial charge on any atom is -0.478 e. The number of rotatable bonds is 3. The molecule has 1 amide bonds. The highest BCUT2D eigenvalue weighted by atomic mass is 16.4. The normalized spacial score (nSPS) is 16.2. The fourth-order valence-corrected chi connectivity index (χ4v) is 2.15. The van der Waals surface area contributed by atoms with Crippen LogP contribution in [0.4, 0.5) is 5.69 Å². The number of nitrogens with zero attached hydrogens (tertiary/aromatic N) is 2. The van der Waals surface area contributed by atoms with Crippen LogP contribution in [0.3, 0.4) is 0 Å².